The Bertz CT molecular complexity index is 793. The van der Waals surface area contributed by atoms with Crippen molar-refractivity contribution in [3.63, 3.8) is 0 Å². The van der Waals surface area contributed by atoms with Gasteiger partial charge in [0.2, 0.25) is 0 Å². The van der Waals surface area contributed by atoms with Gasteiger partial charge < -0.3 is 10.3 Å². The second-order valence-electron chi connectivity index (χ2n) is 5.17. The van der Waals surface area contributed by atoms with Crippen molar-refractivity contribution in [2.75, 3.05) is 6.54 Å². The molecule has 2 aromatic carbocycles. The summed E-state index contributed by atoms with van der Waals surface area (Å²) in [6.45, 7) is 2.10. The molecule has 22 heavy (non-hydrogen) atoms. The summed E-state index contributed by atoms with van der Waals surface area (Å²) < 4.78 is 13.4. The maximum atomic E-state index is 13.4. The van der Waals surface area contributed by atoms with E-state index in [0.717, 1.165) is 16.9 Å². The number of amides is 1. The molecule has 0 fully saturated rings. The molecule has 0 bridgehead atoms. The molecule has 3 aromatic rings. The van der Waals surface area contributed by atoms with Gasteiger partial charge in [0.1, 0.15) is 11.6 Å². The number of rotatable bonds is 4. The van der Waals surface area contributed by atoms with Gasteiger partial charge in [-0.25, -0.2) is 9.37 Å². The molecule has 0 aliphatic rings. The third-order valence-corrected chi connectivity index (χ3v) is 3.52. The monoisotopic (exact) mass is 297 g/mol. The molecule has 2 N–H and O–H groups in total. The Morgan fingerprint density at radius 2 is 2.09 bits per heavy atom. The molecular formula is C17H16FN3O. The Morgan fingerprint density at radius 1 is 1.27 bits per heavy atom. The lowest BCUT2D eigenvalue weighted by Crippen LogP contribution is -2.26. The number of hydrogen-bond acceptors (Lipinski definition) is 2. The van der Waals surface area contributed by atoms with Crippen LogP contribution < -0.4 is 5.32 Å². The van der Waals surface area contributed by atoms with Crippen LogP contribution in [-0.4, -0.2) is 22.4 Å². The van der Waals surface area contributed by atoms with E-state index in [-0.39, 0.29) is 11.7 Å². The van der Waals surface area contributed by atoms with E-state index >= 15 is 0 Å². The molecule has 3 rings (SSSR count). The first-order valence-corrected chi connectivity index (χ1v) is 7.11. The average molecular weight is 297 g/mol. The van der Waals surface area contributed by atoms with Gasteiger partial charge >= 0.3 is 0 Å². The molecule has 4 nitrogen and oxygen atoms in total. The maximum Gasteiger partial charge on any atom is 0.251 e. The second-order valence-corrected chi connectivity index (χ2v) is 5.17. The average Bonchev–Trinajstić information content (AvgIpc) is 2.92. The van der Waals surface area contributed by atoms with Crippen molar-refractivity contribution in [1.82, 2.24) is 15.3 Å². The fraction of sp³-hybridized carbons (Fsp3) is 0.176. The number of carbonyl (C=O) groups excluding carboxylic acids is 1. The molecule has 1 aromatic heterocycles. The molecule has 0 aliphatic carbocycles. The third-order valence-electron chi connectivity index (χ3n) is 3.52. The van der Waals surface area contributed by atoms with Gasteiger partial charge in [0, 0.05) is 18.5 Å². The Hall–Kier alpha value is -2.69. The molecule has 0 aliphatic heterocycles. The first-order valence-electron chi connectivity index (χ1n) is 7.11. The summed E-state index contributed by atoms with van der Waals surface area (Å²) in [6.07, 6.45) is 0.592. The molecule has 0 saturated carbocycles. The number of nitrogens with one attached hydrogen (secondary N) is 2. The van der Waals surface area contributed by atoms with E-state index in [0.29, 0.717) is 24.1 Å². The number of nitrogens with zero attached hydrogens (tertiary/aromatic N) is 1. The minimum atomic E-state index is -0.370. The minimum absolute atomic E-state index is 0.282. The van der Waals surface area contributed by atoms with E-state index in [1.807, 2.05) is 24.3 Å². The van der Waals surface area contributed by atoms with E-state index < -0.39 is 0 Å². The Labute approximate surface area is 127 Å². The first-order chi connectivity index (χ1) is 10.6. The van der Waals surface area contributed by atoms with Crippen LogP contribution in [0.4, 0.5) is 4.39 Å². The third kappa shape index (κ3) is 2.98. The highest BCUT2D eigenvalue weighted by Crippen LogP contribution is 2.11. The summed E-state index contributed by atoms with van der Waals surface area (Å²) in [5.41, 5.74) is 2.74. The van der Waals surface area contributed by atoms with Crippen molar-refractivity contribution in [3.05, 3.63) is 65.2 Å². The van der Waals surface area contributed by atoms with Crippen LogP contribution in [0, 0.1) is 12.7 Å². The molecule has 0 unspecified atom stereocenters. The summed E-state index contributed by atoms with van der Waals surface area (Å²) in [5, 5.41) is 2.77. The molecule has 1 amide bonds. The minimum Gasteiger partial charge on any atom is -0.352 e. The largest absolute Gasteiger partial charge is 0.352 e. The van der Waals surface area contributed by atoms with E-state index in [1.54, 1.807) is 19.1 Å². The number of carbonyl (C=O) groups is 1. The van der Waals surface area contributed by atoms with Crippen molar-refractivity contribution < 1.29 is 9.18 Å². The smallest absolute Gasteiger partial charge is 0.251 e. The van der Waals surface area contributed by atoms with Crippen LogP contribution >= 0.6 is 0 Å². The molecule has 112 valence electrons. The number of imidazole rings is 1. The van der Waals surface area contributed by atoms with Gasteiger partial charge in [-0.2, -0.15) is 0 Å². The fourth-order valence-corrected chi connectivity index (χ4v) is 2.25. The number of aromatic amines is 1. The lowest BCUT2D eigenvalue weighted by molar-refractivity contribution is 0.0953. The molecule has 0 spiro atoms. The zero-order valence-corrected chi connectivity index (χ0v) is 12.2. The van der Waals surface area contributed by atoms with Gasteiger partial charge in [0.05, 0.1) is 11.0 Å². The Morgan fingerprint density at radius 3 is 2.86 bits per heavy atom. The van der Waals surface area contributed by atoms with Crippen molar-refractivity contribution in [2.45, 2.75) is 13.3 Å². The summed E-state index contributed by atoms with van der Waals surface area (Å²) in [4.78, 5) is 19.6. The highest BCUT2D eigenvalue weighted by Gasteiger charge is 2.08. The quantitative estimate of drug-likeness (QED) is 0.778. The van der Waals surface area contributed by atoms with E-state index in [9.17, 15) is 9.18 Å². The molecular weight excluding hydrogens is 281 g/mol. The van der Waals surface area contributed by atoms with Crippen molar-refractivity contribution in [3.8, 4) is 0 Å². The lowest BCUT2D eigenvalue weighted by Gasteiger charge is -2.05. The number of aryl methyl sites for hydroxylation is 1. The van der Waals surface area contributed by atoms with Gasteiger partial charge in [0.15, 0.2) is 0 Å². The predicted molar refractivity (Wildman–Crippen MR) is 83.3 cm³/mol. The van der Waals surface area contributed by atoms with Gasteiger partial charge in [0.25, 0.3) is 5.91 Å². The van der Waals surface area contributed by atoms with Crippen LogP contribution in [0.25, 0.3) is 11.0 Å². The van der Waals surface area contributed by atoms with E-state index in [4.69, 9.17) is 0 Å². The van der Waals surface area contributed by atoms with Crippen LogP contribution in [0.1, 0.15) is 21.7 Å². The topological polar surface area (TPSA) is 57.8 Å². The fourth-order valence-electron chi connectivity index (χ4n) is 2.25. The van der Waals surface area contributed by atoms with Gasteiger partial charge in [-0.15, -0.1) is 0 Å². The highest BCUT2D eigenvalue weighted by atomic mass is 19.1. The molecule has 0 atom stereocenters. The van der Waals surface area contributed by atoms with Gasteiger partial charge in [-0.1, -0.05) is 18.2 Å². The number of aromatic nitrogens is 2. The molecule has 5 heteroatoms. The molecule has 1 heterocycles. The van der Waals surface area contributed by atoms with Gasteiger partial charge in [-0.05, 0) is 36.8 Å². The zero-order valence-electron chi connectivity index (χ0n) is 12.2. The van der Waals surface area contributed by atoms with Crippen LogP contribution in [-0.2, 0) is 6.42 Å². The summed E-state index contributed by atoms with van der Waals surface area (Å²) in [5.74, 6) is 0.163. The van der Waals surface area contributed by atoms with Crippen molar-refractivity contribution >= 4 is 16.9 Å². The van der Waals surface area contributed by atoms with Crippen molar-refractivity contribution in [2.24, 2.45) is 0 Å². The predicted octanol–water partition coefficient (Wildman–Crippen LogP) is 2.98. The first kappa shape index (κ1) is 14.3. The molecule has 0 radical (unpaired) electrons. The SMILES string of the molecule is Cc1ccc(C(=O)NCCc2nc3ccccc3[nH]2)cc1F. The highest BCUT2D eigenvalue weighted by molar-refractivity contribution is 5.94. The van der Waals surface area contributed by atoms with Gasteiger partial charge in [-0.3, -0.25) is 4.79 Å². The van der Waals surface area contributed by atoms with Crippen LogP contribution in [0.15, 0.2) is 42.5 Å². The second kappa shape index (κ2) is 5.97. The normalized spacial score (nSPS) is 10.8. The number of benzene rings is 2. The van der Waals surface area contributed by atoms with Crippen LogP contribution in [0.5, 0.6) is 0 Å². The number of hydrogen-bond donors (Lipinski definition) is 2. The number of fused-ring (bicyclic) bond motifs is 1. The van der Waals surface area contributed by atoms with Crippen molar-refractivity contribution in [1.29, 1.82) is 0 Å². The Kier molecular flexibility index (Phi) is 3.87. The van der Waals surface area contributed by atoms with Crippen LogP contribution in [0.2, 0.25) is 0 Å². The maximum absolute atomic E-state index is 13.4. The standard InChI is InChI=1S/C17H16FN3O/c1-11-6-7-12(10-13(11)18)17(22)19-9-8-16-20-14-4-2-3-5-15(14)21-16/h2-7,10H,8-9H2,1H3,(H,19,22)(H,20,21). The number of H-pyrrole nitrogens is 1. The lowest BCUT2D eigenvalue weighted by atomic mass is 10.1. The summed E-state index contributed by atoms with van der Waals surface area (Å²) >= 11 is 0. The number of para-hydroxylation sites is 2. The van der Waals surface area contributed by atoms with E-state index in [2.05, 4.69) is 15.3 Å². The van der Waals surface area contributed by atoms with E-state index in [1.165, 1.54) is 6.07 Å². The van der Waals surface area contributed by atoms with Crippen LogP contribution in [0.3, 0.4) is 0 Å². The zero-order chi connectivity index (χ0) is 15.5. The molecule has 0 saturated heterocycles. The summed E-state index contributed by atoms with van der Waals surface area (Å²) in [6, 6.07) is 12.2. The number of halogens is 1. The Balaban J connectivity index is 1.60. The summed E-state index contributed by atoms with van der Waals surface area (Å²) in [7, 11) is 0.